The highest BCUT2D eigenvalue weighted by molar-refractivity contribution is 8.14. The quantitative estimate of drug-likeness (QED) is 0.451. The Kier molecular flexibility index (Phi) is 3.90. The van der Waals surface area contributed by atoms with Crippen molar-refractivity contribution in [1.82, 2.24) is 15.0 Å². The average Bonchev–Trinajstić information content (AvgIpc) is 3.17. The SMILES string of the molecule is N=C1CCc2ccc(Nc3nccc(-c4cccc5cc[nH]c45)n3)cc2S1. The first-order chi connectivity index (χ1) is 13.3. The second-order valence-corrected chi connectivity index (χ2v) is 7.62. The van der Waals surface area contributed by atoms with Crippen LogP contribution in [-0.4, -0.2) is 20.0 Å². The lowest BCUT2D eigenvalue weighted by molar-refractivity contribution is 0.994. The van der Waals surface area contributed by atoms with E-state index in [4.69, 9.17) is 10.4 Å². The molecule has 3 heterocycles. The van der Waals surface area contributed by atoms with E-state index in [0.29, 0.717) is 5.95 Å². The topological polar surface area (TPSA) is 77.5 Å². The molecule has 0 aliphatic carbocycles. The molecule has 0 unspecified atom stereocenters. The summed E-state index contributed by atoms with van der Waals surface area (Å²) >= 11 is 1.54. The summed E-state index contributed by atoms with van der Waals surface area (Å²) in [6, 6.07) is 16.4. The number of nitrogens with zero attached hydrogens (tertiary/aromatic N) is 2. The van der Waals surface area contributed by atoms with Crippen LogP contribution < -0.4 is 5.32 Å². The molecule has 0 amide bonds. The fraction of sp³-hybridized carbons (Fsp3) is 0.0952. The Balaban J connectivity index is 1.47. The average molecular weight is 371 g/mol. The molecule has 0 saturated heterocycles. The van der Waals surface area contributed by atoms with Gasteiger partial charge in [-0.25, -0.2) is 9.97 Å². The van der Waals surface area contributed by atoms with Gasteiger partial charge in [-0.3, -0.25) is 5.41 Å². The third-order valence-electron chi connectivity index (χ3n) is 4.70. The van der Waals surface area contributed by atoms with Crippen molar-refractivity contribution in [3.63, 3.8) is 0 Å². The number of aryl methyl sites for hydroxylation is 1. The molecular weight excluding hydrogens is 354 g/mol. The Hall–Kier alpha value is -3.12. The molecule has 0 radical (unpaired) electrons. The molecule has 0 bridgehead atoms. The van der Waals surface area contributed by atoms with Crippen LogP contribution in [0.5, 0.6) is 0 Å². The number of hydrogen-bond donors (Lipinski definition) is 3. The number of aromatic amines is 1. The lowest BCUT2D eigenvalue weighted by Crippen LogP contribution is -2.04. The van der Waals surface area contributed by atoms with Gasteiger partial charge in [-0.15, -0.1) is 0 Å². The zero-order valence-corrected chi connectivity index (χ0v) is 15.3. The van der Waals surface area contributed by atoms with Gasteiger partial charge >= 0.3 is 0 Å². The highest BCUT2D eigenvalue weighted by Crippen LogP contribution is 2.34. The predicted molar refractivity (Wildman–Crippen MR) is 111 cm³/mol. The summed E-state index contributed by atoms with van der Waals surface area (Å²) in [4.78, 5) is 13.5. The Morgan fingerprint density at radius 3 is 3.00 bits per heavy atom. The molecule has 2 aromatic carbocycles. The zero-order chi connectivity index (χ0) is 18.2. The van der Waals surface area contributed by atoms with E-state index in [1.807, 2.05) is 18.3 Å². The van der Waals surface area contributed by atoms with Crippen LogP contribution in [0.15, 0.2) is 65.8 Å². The number of anilines is 2. The van der Waals surface area contributed by atoms with E-state index in [-0.39, 0.29) is 0 Å². The Bertz CT molecular complexity index is 1160. The summed E-state index contributed by atoms with van der Waals surface area (Å²) in [6.45, 7) is 0. The Morgan fingerprint density at radius 1 is 1.07 bits per heavy atom. The van der Waals surface area contributed by atoms with Gasteiger partial charge in [0.2, 0.25) is 5.95 Å². The molecule has 132 valence electrons. The summed E-state index contributed by atoms with van der Waals surface area (Å²) in [5.74, 6) is 0.562. The molecule has 6 heteroatoms. The van der Waals surface area contributed by atoms with E-state index in [9.17, 15) is 0 Å². The molecule has 0 atom stereocenters. The first kappa shape index (κ1) is 16.1. The molecule has 4 aromatic rings. The van der Waals surface area contributed by atoms with Gasteiger partial charge < -0.3 is 10.3 Å². The number of rotatable bonds is 3. The maximum atomic E-state index is 7.90. The summed E-state index contributed by atoms with van der Waals surface area (Å²) < 4.78 is 0. The first-order valence-corrected chi connectivity index (χ1v) is 9.63. The van der Waals surface area contributed by atoms with E-state index in [1.54, 1.807) is 6.20 Å². The summed E-state index contributed by atoms with van der Waals surface area (Å²) in [7, 11) is 0. The standard InChI is InChI=1S/C21H17N5S/c22-19-7-5-13-4-6-15(12-18(13)27-19)25-21-24-11-9-17(26-21)16-3-1-2-14-8-10-23-20(14)16/h1-4,6,8-12,22-23H,5,7H2,(H,24,25,26). The summed E-state index contributed by atoms with van der Waals surface area (Å²) in [5, 5.41) is 13.1. The van der Waals surface area contributed by atoms with Crippen molar-refractivity contribution in [3.05, 3.63) is 66.5 Å². The fourth-order valence-electron chi connectivity index (χ4n) is 3.36. The van der Waals surface area contributed by atoms with Crippen molar-refractivity contribution < 1.29 is 0 Å². The molecule has 0 saturated carbocycles. The second-order valence-electron chi connectivity index (χ2n) is 6.49. The highest BCUT2D eigenvalue weighted by atomic mass is 32.2. The van der Waals surface area contributed by atoms with Crippen molar-refractivity contribution in [2.75, 3.05) is 5.32 Å². The fourth-order valence-corrected chi connectivity index (χ4v) is 4.32. The monoisotopic (exact) mass is 371 g/mol. The van der Waals surface area contributed by atoms with Crippen molar-refractivity contribution in [3.8, 4) is 11.3 Å². The molecule has 2 aromatic heterocycles. The summed E-state index contributed by atoms with van der Waals surface area (Å²) in [6.07, 6.45) is 5.49. The van der Waals surface area contributed by atoms with Crippen LogP contribution in [0.1, 0.15) is 12.0 Å². The number of thioether (sulfide) groups is 1. The highest BCUT2D eigenvalue weighted by Gasteiger charge is 2.14. The molecule has 5 rings (SSSR count). The first-order valence-electron chi connectivity index (χ1n) is 8.81. The molecule has 0 fully saturated rings. The van der Waals surface area contributed by atoms with Crippen LogP contribution in [0.4, 0.5) is 11.6 Å². The maximum absolute atomic E-state index is 7.90. The van der Waals surface area contributed by atoms with Gasteiger partial charge in [-0.1, -0.05) is 36.0 Å². The van der Waals surface area contributed by atoms with Crippen LogP contribution in [0.2, 0.25) is 0 Å². The maximum Gasteiger partial charge on any atom is 0.227 e. The number of nitrogens with one attached hydrogen (secondary N) is 3. The number of para-hydroxylation sites is 1. The van der Waals surface area contributed by atoms with Crippen molar-refractivity contribution in [2.24, 2.45) is 0 Å². The van der Waals surface area contributed by atoms with E-state index in [2.05, 4.69) is 51.7 Å². The van der Waals surface area contributed by atoms with Crippen LogP contribution in [-0.2, 0) is 6.42 Å². The lowest BCUT2D eigenvalue weighted by atomic mass is 10.1. The molecular formula is C21H17N5S. The molecule has 1 aliphatic heterocycles. The number of benzene rings is 2. The van der Waals surface area contributed by atoms with Gasteiger partial charge in [0.25, 0.3) is 0 Å². The normalized spacial score (nSPS) is 13.6. The van der Waals surface area contributed by atoms with Crippen molar-refractivity contribution >= 4 is 39.3 Å². The van der Waals surface area contributed by atoms with E-state index < -0.39 is 0 Å². The third kappa shape index (κ3) is 3.08. The van der Waals surface area contributed by atoms with Gasteiger partial charge in [0, 0.05) is 33.9 Å². The van der Waals surface area contributed by atoms with E-state index in [0.717, 1.165) is 50.6 Å². The van der Waals surface area contributed by atoms with Crippen LogP contribution in [0.25, 0.3) is 22.2 Å². The Morgan fingerprint density at radius 2 is 2.04 bits per heavy atom. The van der Waals surface area contributed by atoms with Gasteiger partial charge in [0.05, 0.1) is 16.3 Å². The van der Waals surface area contributed by atoms with Crippen LogP contribution >= 0.6 is 11.8 Å². The predicted octanol–water partition coefficient (Wildman–Crippen LogP) is 5.38. The number of hydrogen-bond acceptors (Lipinski definition) is 5. The largest absolute Gasteiger partial charge is 0.361 e. The molecule has 0 spiro atoms. The van der Waals surface area contributed by atoms with Gasteiger partial charge in [-0.2, -0.15) is 0 Å². The minimum atomic E-state index is 0.562. The molecule has 5 nitrogen and oxygen atoms in total. The third-order valence-corrected chi connectivity index (χ3v) is 5.75. The van der Waals surface area contributed by atoms with Crippen LogP contribution in [0.3, 0.4) is 0 Å². The number of fused-ring (bicyclic) bond motifs is 2. The zero-order valence-electron chi connectivity index (χ0n) is 14.5. The number of aromatic nitrogens is 3. The van der Waals surface area contributed by atoms with Crippen molar-refractivity contribution in [1.29, 1.82) is 5.41 Å². The minimum Gasteiger partial charge on any atom is -0.361 e. The van der Waals surface area contributed by atoms with E-state index >= 15 is 0 Å². The molecule has 3 N–H and O–H groups in total. The van der Waals surface area contributed by atoms with Gasteiger partial charge in [0.1, 0.15) is 0 Å². The lowest BCUT2D eigenvalue weighted by Gasteiger charge is -2.17. The number of H-pyrrole nitrogens is 1. The molecule has 27 heavy (non-hydrogen) atoms. The van der Waals surface area contributed by atoms with E-state index in [1.165, 1.54) is 17.3 Å². The van der Waals surface area contributed by atoms with Crippen molar-refractivity contribution in [2.45, 2.75) is 17.7 Å². The smallest absolute Gasteiger partial charge is 0.227 e. The second kappa shape index (κ2) is 6.55. The van der Waals surface area contributed by atoms with Gasteiger partial charge in [0.15, 0.2) is 0 Å². The minimum absolute atomic E-state index is 0.562. The van der Waals surface area contributed by atoms with Gasteiger partial charge in [-0.05, 0) is 42.7 Å². The Labute approximate surface area is 160 Å². The summed E-state index contributed by atoms with van der Waals surface area (Å²) in [5.41, 5.74) is 5.23. The van der Waals surface area contributed by atoms with Crippen LogP contribution in [0, 0.1) is 5.41 Å². The molecule has 1 aliphatic rings.